The zero-order valence-corrected chi connectivity index (χ0v) is 7.61. The van der Waals surface area contributed by atoms with Crippen molar-refractivity contribution in [2.45, 2.75) is 6.42 Å². The van der Waals surface area contributed by atoms with Gasteiger partial charge in [0.1, 0.15) is 0 Å². The Morgan fingerprint density at radius 2 is 2.38 bits per heavy atom. The number of amides is 1. The molecule has 0 aliphatic rings. The molecule has 0 saturated carbocycles. The van der Waals surface area contributed by atoms with Crippen LogP contribution in [0.25, 0.3) is 0 Å². The van der Waals surface area contributed by atoms with Gasteiger partial charge in [-0.2, -0.15) is 0 Å². The molecule has 1 aromatic heterocycles. The Hall–Kier alpha value is -1.66. The predicted molar refractivity (Wildman–Crippen MR) is 46.0 cm³/mol. The number of carbonyl (C=O) groups is 1. The van der Waals surface area contributed by atoms with E-state index in [4.69, 9.17) is 0 Å². The minimum absolute atomic E-state index is 0.0115. The van der Waals surface area contributed by atoms with E-state index in [0.29, 0.717) is 18.9 Å². The molecule has 0 saturated heterocycles. The zero-order chi connectivity index (χ0) is 9.68. The van der Waals surface area contributed by atoms with E-state index < -0.39 is 0 Å². The summed E-state index contributed by atoms with van der Waals surface area (Å²) in [5.74, 6) is 0.548. The van der Waals surface area contributed by atoms with E-state index in [0.717, 1.165) is 0 Å². The molecule has 0 radical (unpaired) electrons. The number of nitrogens with one attached hydrogen (secondary N) is 2. The molecule has 72 valence electrons. The van der Waals surface area contributed by atoms with E-state index >= 15 is 0 Å². The Morgan fingerprint density at radius 3 is 2.92 bits per heavy atom. The van der Waals surface area contributed by atoms with Gasteiger partial charge in [0.2, 0.25) is 11.9 Å². The molecular formula is C6H12N6O. The fourth-order valence-corrected chi connectivity index (χ4v) is 0.792. The zero-order valence-electron chi connectivity index (χ0n) is 7.61. The van der Waals surface area contributed by atoms with Gasteiger partial charge in [-0.25, -0.2) is 4.68 Å². The van der Waals surface area contributed by atoms with Gasteiger partial charge in [0, 0.05) is 27.1 Å². The lowest BCUT2D eigenvalue weighted by Gasteiger charge is -2.02. The van der Waals surface area contributed by atoms with Crippen LogP contribution in [0.3, 0.4) is 0 Å². The molecule has 0 bridgehead atoms. The van der Waals surface area contributed by atoms with Crippen LogP contribution >= 0.6 is 0 Å². The van der Waals surface area contributed by atoms with Gasteiger partial charge >= 0.3 is 0 Å². The molecule has 0 unspecified atom stereocenters. The van der Waals surface area contributed by atoms with Crippen molar-refractivity contribution < 1.29 is 4.79 Å². The fraction of sp³-hybridized carbons (Fsp3) is 0.667. The number of tetrazole rings is 1. The van der Waals surface area contributed by atoms with E-state index in [1.807, 2.05) is 0 Å². The highest BCUT2D eigenvalue weighted by Gasteiger charge is 2.01. The van der Waals surface area contributed by atoms with Crippen molar-refractivity contribution in [2.75, 3.05) is 18.9 Å². The monoisotopic (exact) mass is 184 g/mol. The van der Waals surface area contributed by atoms with E-state index in [1.54, 1.807) is 14.1 Å². The summed E-state index contributed by atoms with van der Waals surface area (Å²) in [7, 11) is 3.33. The maximum Gasteiger partial charge on any atom is 0.242 e. The normalized spacial score (nSPS) is 9.69. The van der Waals surface area contributed by atoms with Gasteiger partial charge in [0.15, 0.2) is 0 Å². The van der Waals surface area contributed by atoms with Crippen LogP contribution in [0.1, 0.15) is 6.42 Å². The number of hydrogen-bond acceptors (Lipinski definition) is 5. The van der Waals surface area contributed by atoms with Crippen LogP contribution in [0.4, 0.5) is 5.95 Å². The smallest absolute Gasteiger partial charge is 0.242 e. The number of nitrogens with zero attached hydrogens (tertiary/aromatic N) is 4. The average molecular weight is 184 g/mol. The molecule has 0 aliphatic heterocycles. The summed E-state index contributed by atoms with van der Waals surface area (Å²) in [4.78, 5) is 10.8. The van der Waals surface area contributed by atoms with Gasteiger partial charge in [0.25, 0.3) is 0 Å². The van der Waals surface area contributed by atoms with Crippen molar-refractivity contribution in [1.29, 1.82) is 0 Å². The highest BCUT2D eigenvalue weighted by Crippen LogP contribution is 1.94. The standard InChI is InChI=1S/C6H12N6O/c1-7-5(13)3-4-8-6-9-10-11-12(6)2/h3-4H2,1-2H3,(H,7,13)(H,8,9,11). The first-order valence-electron chi connectivity index (χ1n) is 3.91. The molecule has 1 rings (SSSR count). The summed E-state index contributed by atoms with van der Waals surface area (Å²) < 4.78 is 1.50. The summed E-state index contributed by atoms with van der Waals surface area (Å²) in [6.45, 7) is 0.522. The van der Waals surface area contributed by atoms with Crippen molar-refractivity contribution >= 4 is 11.9 Å². The number of aryl methyl sites for hydroxylation is 1. The summed E-state index contributed by atoms with van der Waals surface area (Å²) in [6, 6.07) is 0. The highest BCUT2D eigenvalue weighted by molar-refractivity contribution is 5.75. The van der Waals surface area contributed by atoms with Crippen LogP contribution in [-0.4, -0.2) is 39.7 Å². The molecule has 0 atom stereocenters. The number of anilines is 1. The molecule has 2 N–H and O–H groups in total. The molecule has 7 nitrogen and oxygen atoms in total. The van der Waals surface area contributed by atoms with Gasteiger partial charge in [-0.15, -0.1) is 0 Å². The first-order valence-corrected chi connectivity index (χ1v) is 3.91. The average Bonchev–Trinajstić information content (AvgIpc) is 2.52. The fourth-order valence-electron chi connectivity index (χ4n) is 0.792. The van der Waals surface area contributed by atoms with Gasteiger partial charge in [-0.1, -0.05) is 5.10 Å². The van der Waals surface area contributed by atoms with E-state index in [-0.39, 0.29) is 5.91 Å². The third kappa shape index (κ3) is 2.69. The van der Waals surface area contributed by atoms with Crippen molar-refractivity contribution in [1.82, 2.24) is 25.5 Å². The largest absolute Gasteiger partial charge is 0.359 e. The van der Waals surface area contributed by atoms with E-state index in [9.17, 15) is 4.79 Å². The lowest BCUT2D eigenvalue weighted by atomic mass is 10.4. The van der Waals surface area contributed by atoms with Crippen LogP contribution in [0.2, 0.25) is 0 Å². The molecule has 1 aromatic rings. The summed E-state index contributed by atoms with van der Waals surface area (Å²) in [5, 5.41) is 16.2. The predicted octanol–water partition coefficient (Wildman–Crippen LogP) is -1.24. The Balaban J connectivity index is 2.28. The number of hydrogen-bond donors (Lipinski definition) is 2. The Kier molecular flexibility index (Phi) is 3.18. The van der Waals surface area contributed by atoms with Crippen LogP contribution in [-0.2, 0) is 11.8 Å². The van der Waals surface area contributed by atoms with Crippen molar-refractivity contribution in [3.8, 4) is 0 Å². The van der Waals surface area contributed by atoms with Crippen LogP contribution < -0.4 is 10.6 Å². The van der Waals surface area contributed by atoms with Crippen molar-refractivity contribution in [3.63, 3.8) is 0 Å². The number of carbonyl (C=O) groups excluding carboxylic acids is 1. The molecular weight excluding hydrogens is 172 g/mol. The molecule has 0 fully saturated rings. The quantitative estimate of drug-likeness (QED) is 0.611. The molecule has 0 aliphatic carbocycles. The topological polar surface area (TPSA) is 84.7 Å². The molecule has 7 heteroatoms. The second-order valence-electron chi connectivity index (χ2n) is 2.48. The molecule has 0 spiro atoms. The molecule has 13 heavy (non-hydrogen) atoms. The van der Waals surface area contributed by atoms with Gasteiger partial charge in [-0.3, -0.25) is 4.79 Å². The summed E-state index contributed by atoms with van der Waals surface area (Å²) in [6.07, 6.45) is 0.406. The van der Waals surface area contributed by atoms with Gasteiger partial charge < -0.3 is 10.6 Å². The Bertz CT molecular complexity index is 282. The second kappa shape index (κ2) is 4.39. The number of rotatable bonds is 4. The van der Waals surface area contributed by atoms with Crippen molar-refractivity contribution in [3.05, 3.63) is 0 Å². The number of aromatic nitrogens is 4. The first-order chi connectivity index (χ1) is 6.24. The highest BCUT2D eigenvalue weighted by atomic mass is 16.1. The third-order valence-corrected chi connectivity index (χ3v) is 1.53. The SMILES string of the molecule is CNC(=O)CCNc1nnnn1C. The van der Waals surface area contributed by atoms with Gasteiger partial charge in [0.05, 0.1) is 0 Å². The van der Waals surface area contributed by atoms with Gasteiger partial charge in [-0.05, 0) is 10.4 Å². The maximum absolute atomic E-state index is 10.8. The lowest BCUT2D eigenvalue weighted by Crippen LogP contribution is -2.21. The van der Waals surface area contributed by atoms with Crippen molar-refractivity contribution in [2.24, 2.45) is 7.05 Å². The minimum atomic E-state index is -0.0115. The summed E-state index contributed by atoms with van der Waals surface area (Å²) >= 11 is 0. The van der Waals surface area contributed by atoms with Crippen LogP contribution in [0.5, 0.6) is 0 Å². The minimum Gasteiger partial charge on any atom is -0.359 e. The molecule has 1 amide bonds. The van der Waals surface area contributed by atoms with Crippen LogP contribution in [0.15, 0.2) is 0 Å². The second-order valence-corrected chi connectivity index (χ2v) is 2.48. The maximum atomic E-state index is 10.8. The lowest BCUT2D eigenvalue weighted by molar-refractivity contribution is -0.120. The van der Waals surface area contributed by atoms with E-state index in [2.05, 4.69) is 26.2 Å². The third-order valence-electron chi connectivity index (χ3n) is 1.53. The van der Waals surface area contributed by atoms with E-state index in [1.165, 1.54) is 4.68 Å². The summed E-state index contributed by atoms with van der Waals surface area (Å²) in [5.41, 5.74) is 0. The first kappa shape index (κ1) is 9.43. The molecule has 0 aromatic carbocycles. The molecule has 1 heterocycles. The Morgan fingerprint density at radius 1 is 1.62 bits per heavy atom. The van der Waals surface area contributed by atoms with Crippen LogP contribution in [0, 0.1) is 0 Å². The Labute approximate surface area is 75.5 Å².